The third kappa shape index (κ3) is 29.0. The van der Waals surface area contributed by atoms with E-state index in [0.29, 0.717) is 0 Å². The van der Waals surface area contributed by atoms with Crippen LogP contribution in [0.2, 0.25) is 0 Å². The Kier molecular flexibility index (Phi) is 29.9. The van der Waals surface area contributed by atoms with Crippen LogP contribution in [-0.4, -0.2) is 6.29 Å². The number of carbonyl (C=O) groups excluding carboxylic acids is 1. The Morgan fingerprint density at radius 1 is 0.486 bits per heavy atom. The second-order valence-electron chi connectivity index (χ2n) is 10.5. The molecule has 0 saturated heterocycles. The molecule has 0 bridgehead atoms. The van der Waals surface area contributed by atoms with Gasteiger partial charge in [0.1, 0.15) is 0 Å². The molecular weight excluding hydrogens is 424 g/mol. The van der Waals surface area contributed by atoms with Crippen molar-refractivity contribution in [2.45, 2.75) is 168 Å². The van der Waals surface area contributed by atoms with Gasteiger partial charge in [0.25, 0.3) is 0 Å². The largest absolute Gasteiger partial charge is 0.291 e. The quantitative estimate of drug-likeness (QED) is 0.0795. The monoisotopic (exact) mass is 485 g/mol. The van der Waals surface area contributed by atoms with E-state index in [1.54, 1.807) is 0 Å². The molecule has 0 N–H and O–H groups in total. The molecular formula is C34H61O. The molecule has 0 aliphatic rings. The van der Waals surface area contributed by atoms with E-state index in [1.165, 1.54) is 122 Å². The predicted molar refractivity (Wildman–Crippen MR) is 159 cm³/mol. The van der Waals surface area contributed by atoms with Crippen molar-refractivity contribution >= 4 is 6.29 Å². The standard InChI is InChI=1S/C34H61O/c1-3-5-7-9-11-13-15-17-18-19-20-22-24-26-28-30-32-34(33-35)31-29-27-25-23-21-16-14-12-10-8-6-4-2/h5,7,11,13,17-18,34H,3-4,6,8-10,12,14-16,19-32H2,1-2H3/b7-5-,13-11-,18-17-. The molecule has 0 heterocycles. The highest BCUT2D eigenvalue weighted by atomic mass is 16.1. The zero-order valence-electron chi connectivity index (χ0n) is 23.9. The van der Waals surface area contributed by atoms with E-state index in [4.69, 9.17) is 0 Å². The van der Waals surface area contributed by atoms with Crippen molar-refractivity contribution < 1.29 is 4.79 Å². The second-order valence-corrected chi connectivity index (χ2v) is 10.5. The van der Waals surface area contributed by atoms with Crippen molar-refractivity contribution in [3.8, 4) is 0 Å². The van der Waals surface area contributed by atoms with Crippen LogP contribution in [0.4, 0.5) is 0 Å². The lowest BCUT2D eigenvalue weighted by atomic mass is 9.95. The second kappa shape index (κ2) is 30.9. The van der Waals surface area contributed by atoms with Crippen LogP contribution >= 0.6 is 0 Å². The molecule has 0 spiro atoms. The first-order chi connectivity index (χ1) is 17.3. The van der Waals surface area contributed by atoms with Gasteiger partial charge in [-0.15, -0.1) is 0 Å². The van der Waals surface area contributed by atoms with Gasteiger partial charge in [-0.3, -0.25) is 4.79 Å². The SMILES string of the molecule is CC/C=C\C/C=C\C/C=C\CCCCCCCCC([C]=O)CCCCCCCCCCCCCC. The summed E-state index contributed by atoms with van der Waals surface area (Å²) in [5.41, 5.74) is 0. The highest BCUT2D eigenvalue weighted by molar-refractivity contribution is 5.54. The number of rotatable bonds is 28. The van der Waals surface area contributed by atoms with Crippen LogP contribution in [-0.2, 0) is 4.79 Å². The summed E-state index contributed by atoms with van der Waals surface area (Å²) in [4.78, 5) is 11.3. The molecule has 203 valence electrons. The maximum Gasteiger partial charge on any atom is 0.201 e. The van der Waals surface area contributed by atoms with Crippen LogP contribution in [0.5, 0.6) is 0 Å². The predicted octanol–water partition coefficient (Wildman–Crippen LogP) is 11.8. The Hall–Kier alpha value is -1.11. The highest BCUT2D eigenvalue weighted by Gasteiger charge is 2.07. The molecule has 0 aliphatic carbocycles. The molecule has 35 heavy (non-hydrogen) atoms. The summed E-state index contributed by atoms with van der Waals surface area (Å²) in [5, 5.41) is 0. The molecule has 1 radical (unpaired) electrons. The van der Waals surface area contributed by atoms with Gasteiger partial charge < -0.3 is 0 Å². The lowest BCUT2D eigenvalue weighted by molar-refractivity contribution is 0.449. The highest BCUT2D eigenvalue weighted by Crippen LogP contribution is 2.18. The molecule has 0 aliphatic heterocycles. The number of unbranched alkanes of at least 4 members (excludes halogenated alkanes) is 17. The lowest BCUT2D eigenvalue weighted by Gasteiger charge is -2.09. The lowest BCUT2D eigenvalue weighted by Crippen LogP contribution is -2.02. The Morgan fingerprint density at radius 3 is 1.34 bits per heavy atom. The van der Waals surface area contributed by atoms with E-state index in [-0.39, 0.29) is 5.92 Å². The van der Waals surface area contributed by atoms with Gasteiger partial charge in [-0.05, 0) is 44.9 Å². The van der Waals surface area contributed by atoms with Gasteiger partial charge in [-0.25, -0.2) is 0 Å². The number of hydrogen-bond acceptors (Lipinski definition) is 1. The fourth-order valence-corrected chi connectivity index (χ4v) is 4.68. The van der Waals surface area contributed by atoms with Crippen molar-refractivity contribution in [2.75, 3.05) is 0 Å². The summed E-state index contributed by atoms with van der Waals surface area (Å²) in [5.74, 6) is 0.194. The van der Waals surface area contributed by atoms with Crippen LogP contribution in [0.25, 0.3) is 0 Å². The van der Waals surface area contributed by atoms with Crippen LogP contribution in [0.3, 0.4) is 0 Å². The Bertz CT molecular complexity index is 487. The zero-order valence-corrected chi connectivity index (χ0v) is 23.9. The maximum absolute atomic E-state index is 11.3. The molecule has 1 unspecified atom stereocenters. The van der Waals surface area contributed by atoms with E-state index in [2.05, 4.69) is 56.6 Å². The average Bonchev–Trinajstić information content (AvgIpc) is 2.87. The van der Waals surface area contributed by atoms with Crippen molar-refractivity contribution in [3.63, 3.8) is 0 Å². The normalized spacial score (nSPS) is 13.0. The summed E-state index contributed by atoms with van der Waals surface area (Å²) in [6, 6.07) is 0. The number of hydrogen-bond donors (Lipinski definition) is 0. The van der Waals surface area contributed by atoms with E-state index >= 15 is 0 Å². The van der Waals surface area contributed by atoms with Crippen molar-refractivity contribution in [3.05, 3.63) is 36.5 Å². The third-order valence-electron chi connectivity index (χ3n) is 7.03. The molecule has 0 saturated carbocycles. The fraction of sp³-hybridized carbons (Fsp3) is 0.794. The summed E-state index contributed by atoms with van der Waals surface area (Å²) in [6.07, 6.45) is 46.9. The molecule has 1 heteroatoms. The topological polar surface area (TPSA) is 17.1 Å². The minimum absolute atomic E-state index is 0.194. The number of allylic oxidation sites excluding steroid dienone is 6. The Morgan fingerprint density at radius 2 is 0.886 bits per heavy atom. The fourth-order valence-electron chi connectivity index (χ4n) is 4.68. The summed E-state index contributed by atoms with van der Waals surface area (Å²) in [7, 11) is 0. The van der Waals surface area contributed by atoms with Crippen molar-refractivity contribution in [2.24, 2.45) is 5.92 Å². The van der Waals surface area contributed by atoms with Crippen LogP contribution < -0.4 is 0 Å². The summed E-state index contributed by atoms with van der Waals surface area (Å²) >= 11 is 0. The van der Waals surface area contributed by atoms with Crippen LogP contribution in [0.1, 0.15) is 168 Å². The van der Waals surface area contributed by atoms with Crippen LogP contribution in [0, 0.1) is 5.92 Å². The van der Waals surface area contributed by atoms with Gasteiger partial charge in [-0.2, -0.15) is 0 Å². The molecule has 1 nitrogen and oxygen atoms in total. The molecule has 0 aromatic heterocycles. The third-order valence-corrected chi connectivity index (χ3v) is 7.03. The smallest absolute Gasteiger partial charge is 0.201 e. The van der Waals surface area contributed by atoms with Gasteiger partial charge in [0.2, 0.25) is 6.29 Å². The van der Waals surface area contributed by atoms with Gasteiger partial charge in [0, 0.05) is 5.92 Å². The first kappa shape index (κ1) is 33.9. The van der Waals surface area contributed by atoms with E-state index < -0.39 is 0 Å². The van der Waals surface area contributed by atoms with E-state index in [0.717, 1.165) is 32.1 Å². The Balaban J connectivity index is 3.37. The van der Waals surface area contributed by atoms with Gasteiger partial charge >= 0.3 is 0 Å². The first-order valence-corrected chi connectivity index (χ1v) is 15.7. The maximum atomic E-state index is 11.3. The molecule has 1 atom stereocenters. The zero-order chi connectivity index (χ0) is 25.5. The van der Waals surface area contributed by atoms with Gasteiger partial charge in [0.05, 0.1) is 0 Å². The minimum atomic E-state index is 0.194. The molecule has 0 aromatic carbocycles. The van der Waals surface area contributed by atoms with E-state index in [1.807, 2.05) is 0 Å². The van der Waals surface area contributed by atoms with E-state index in [9.17, 15) is 4.79 Å². The molecule has 0 amide bonds. The van der Waals surface area contributed by atoms with Crippen molar-refractivity contribution in [1.82, 2.24) is 0 Å². The van der Waals surface area contributed by atoms with Crippen LogP contribution in [0.15, 0.2) is 36.5 Å². The molecule has 0 fully saturated rings. The summed E-state index contributed by atoms with van der Waals surface area (Å²) < 4.78 is 0. The molecule has 0 rings (SSSR count). The van der Waals surface area contributed by atoms with Gasteiger partial charge in [-0.1, -0.05) is 159 Å². The first-order valence-electron chi connectivity index (χ1n) is 15.7. The minimum Gasteiger partial charge on any atom is -0.291 e. The van der Waals surface area contributed by atoms with Crippen molar-refractivity contribution in [1.29, 1.82) is 0 Å². The molecule has 0 aromatic rings. The Labute approximate surface area is 221 Å². The average molecular weight is 486 g/mol. The van der Waals surface area contributed by atoms with Gasteiger partial charge in [0.15, 0.2) is 0 Å². The summed E-state index contributed by atoms with van der Waals surface area (Å²) in [6.45, 7) is 4.46.